The molecule has 2 N–H and O–H groups in total. The van der Waals surface area contributed by atoms with Gasteiger partial charge in [-0.3, -0.25) is 9.80 Å². The van der Waals surface area contributed by atoms with Crippen LogP contribution in [0.5, 0.6) is 5.75 Å². The highest BCUT2D eigenvalue weighted by Gasteiger charge is 2.40. The van der Waals surface area contributed by atoms with Crippen LogP contribution in [0, 0.1) is 0 Å². The van der Waals surface area contributed by atoms with E-state index in [0.29, 0.717) is 13.2 Å². The van der Waals surface area contributed by atoms with Crippen molar-refractivity contribution in [2.75, 3.05) is 39.4 Å². The van der Waals surface area contributed by atoms with Crippen molar-refractivity contribution in [1.29, 1.82) is 0 Å². The number of hydrogen-bond donors (Lipinski definition) is 2. The average molecular weight is 397 g/mol. The van der Waals surface area contributed by atoms with Crippen LogP contribution in [-0.2, 0) is 6.54 Å². The summed E-state index contributed by atoms with van der Waals surface area (Å²) < 4.78 is 5.98. The quantitative estimate of drug-likeness (QED) is 0.718. The predicted molar refractivity (Wildman–Crippen MR) is 114 cm³/mol. The fraction of sp³-hybridized carbons (Fsp3) is 0.500. The van der Waals surface area contributed by atoms with Gasteiger partial charge in [0.05, 0.1) is 18.8 Å². The molecular weight excluding hydrogens is 364 g/mol. The summed E-state index contributed by atoms with van der Waals surface area (Å²) >= 11 is 0. The van der Waals surface area contributed by atoms with Crippen LogP contribution in [-0.4, -0.2) is 71.6 Å². The molecule has 2 aliphatic heterocycles. The maximum atomic E-state index is 10.8. The summed E-state index contributed by atoms with van der Waals surface area (Å²) in [4.78, 5) is 4.64. The van der Waals surface area contributed by atoms with Gasteiger partial charge in [0, 0.05) is 25.6 Å². The molecule has 0 spiro atoms. The van der Waals surface area contributed by atoms with Gasteiger partial charge < -0.3 is 14.9 Å². The molecular formula is C24H32N2O3. The third-order valence-corrected chi connectivity index (χ3v) is 6.28. The normalized spacial score (nSPS) is 25.5. The Labute approximate surface area is 173 Å². The largest absolute Gasteiger partial charge is 0.492 e. The Morgan fingerprint density at radius 1 is 1.00 bits per heavy atom. The van der Waals surface area contributed by atoms with E-state index in [1.54, 1.807) is 0 Å². The first-order valence-electron chi connectivity index (χ1n) is 10.8. The average Bonchev–Trinajstić information content (AvgIpc) is 3.37. The number of rotatable bonds is 8. The molecule has 0 aliphatic carbocycles. The topological polar surface area (TPSA) is 56.2 Å². The molecule has 2 aromatic rings. The molecule has 0 saturated carbocycles. The lowest BCUT2D eigenvalue weighted by Crippen LogP contribution is -2.38. The van der Waals surface area contributed by atoms with Gasteiger partial charge in [0.1, 0.15) is 12.4 Å². The maximum Gasteiger partial charge on any atom is 0.119 e. The van der Waals surface area contributed by atoms with Crippen molar-refractivity contribution in [3.63, 3.8) is 0 Å². The molecule has 156 valence electrons. The van der Waals surface area contributed by atoms with Crippen molar-refractivity contribution in [1.82, 2.24) is 9.80 Å². The highest BCUT2D eigenvalue weighted by molar-refractivity contribution is 5.29. The Balaban J connectivity index is 1.37. The summed E-state index contributed by atoms with van der Waals surface area (Å²) in [7, 11) is 0. The Morgan fingerprint density at radius 3 is 2.55 bits per heavy atom. The molecule has 0 unspecified atom stereocenters. The van der Waals surface area contributed by atoms with E-state index >= 15 is 0 Å². The van der Waals surface area contributed by atoms with E-state index in [1.165, 1.54) is 25.9 Å². The van der Waals surface area contributed by atoms with E-state index in [2.05, 4.69) is 34.1 Å². The van der Waals surface area contributed by atoms with Crippen molar-refractivity contribution in [2.24, 2.45) is 0 Å². The number of nitrogens with zero attached hydrogens (tertiary/aromatic N) is 2. The molecule has 2 fully saturated rings. The minimum Gasteiger partial charge on any atom is -0.492 e. The van der Waals surface area contributed by atoms with Crippen LogP contribution in [0.2, 0.25) is 0 Å². The zero-order chi connectivity index (χ0) is 20.1. The zero-order valence-electron chi connectivity index (χ0n) is 17.0. The van der Waals surface area contributed by atoms with E-state index < -0.39 is 6.10 Å². The molecule has 0 amide bonds. The predicted octanol–water partition coefficient (Wildman–Crippen LogP) is 2.48. The second-order valence-electron chi connectivity index (χ2n) is 8.23. The highest BCUT2D eigenvalue weighted by Crippen LogP contribution is 2.33. The SMILES string of the molecule is OC[C@@H]1[C@H](O)[C@@H](c2ccccc2)CN1Cc1cccc(OCCN2CCCC2)c1. The Kier molecular flexibility index (Phi) is 6.82. The first-order chi connectivity index (χ1) is 14.2. The lowest BCUT2D eigenvalue weighted by atomic mass is 9.94. The van der Waals surface area contributed by atoms with Gasteiger partial charge in [-0.25, -0.2) is 0 Å². The molecule has 2 saturated heterocycles. The van der Waals surface area contributed by atoms with Gasteiger partial charge in [-0.15, -0.1) is 0 Å². The van der Waals surface area contributed by atoms with Gasteiger partial charge in [-0.2, -0.15) is 0 Å². The fourth-order valence-electron chi connectivity index (χ4n) is 4.66. The van der Waals surface area contributed by atoms with Gasteiger partial charge in [-0.05, 0) is 49.2 Å². The lowest BCUT2D eigenvalue weighted by Gasteiger charge is -2.24. The maximum absolute atomic E-state index is 10.8. The fourth-order valence-corrected chi connectivity index (χ4v) is 4.66. The number of aliphatic hydroxyl groups is 2. The summed E-state index contributed by atoms with van der Waals surface area (Å²) in [5.74, 6) is 0.912. The van der Waals surface area contributed by atoms with Gasteiger partial charge in [-0.1, -0.05) is 42.5 Å². The molecule has 2 aliphatic rings. The van der Waals surface area contributed by atoms with Crippen LogP contribution < -0.4 is 4.74 Å². The van der Waals surface area contributed by atoms with E-state index in [4.69, 9.17) is 4.74 Å². The number of aliphatic hydroxyl groups excluding tert-OH is 2. The molecule has 29 heavy (non-hydrogen) atoms. The van der Waals surface area contributed by atoms with Crippen LogP contribution in [0.4, 0.5) is 0 Å². The summed E-state index contributed by atoms with van der Waals surface area (Å²) in [5.41, 5.74) is 2.27. The highest BCUT2D eigenvalue weighted by atomic mass is 16.5. The number of ether oxygens (including phenoxy) is 1. The molecule has 0 bridgehead atoms. The van der Waals surface area contributed by atoms with Gasteiger partial charge in [0.15, 0.2) is 0 Å². The van der Waals surface area contributed by atoms with Crippen molar-refractivity contribution in [3.05, 3.63) is 65.7 Å². The summed E-state index contributed by atoms with van der Waals surface area (Å²) in [6.45, 7) is 5.44. The standard InChI is InChI=1S/C24H32N2O3/c27-18-23-24(28)22(20-8-2-1-3-9-20)17-26(23)16-19-7-6-10-21(15-19)29-14-13-25-11-4-5-12-25/h1-3,6-10,15,22-24,27-28H,4-5,11-14,16-18H2/t22-,23-,24-/m1/s1. The molecule has 0 aromatic heterocycles. The molecule has 5 heteroatoms. The molecule has 0 radical (unpaired) electrons. The minimum atomic E-state index is -0.567. The van der Waals surface area contributed by atoms with E-state index in [0.717, 1.165) is 30.0 Å². The van der Waals surface area contributed by atoms with Crippen LogP contribution >= 0.6 is 0 Å². The van der Waals surface area contributed by atoms with Crippen molar-refractivity contribution < 1.29 is 14.9 Å². The Hall–Kier alpha value is -1.92. The summed E-state index contributed by atoms with van der Waals surface area (Å²) in [6.07, 6.45) is 2.03. The first kappa shape index (κ1) is 20.4. The van der Waals surface area contributed by atoms with Crippen molar-refractivity contribution >= 4 is 0 Å². The van der Waals surface area contributed by atoms with E-state index in [9.17, 15) is 10.2 Å². The van der Waals surface area contributed by atoms with Crippen LogP contribution in [0.15, 0.2) is 54.6 Å². The number of likely N-dealkylation sites (tertiary alicyclic amines) is 2. The summed E-state index contributed by atoms with van der Waals surface area (Å²) in [5, 5.41) is 20.7. The third-order valence-electron chi connectivity index (χ3n) is 6.28. The molecule has 4 rings (SSSR count). The first-order valence-corrected chi connectivity index (χ1v) is 10.8. The van der Waals surface area contributed by atoms with E-state index in [-0.39, 0.29) is 18.6 Å². The second-order valence-corrected chi connectivity index (χ2v) is 8.23. The monoisotopic (exact) mass is 396 g/mol. The van der Waals surface area contributed by atoms with Crippen molar-refractivity contribution in [3.8, 4) is 5.75 Å². The lowest BCUT2D eigenvalue weighted by molar-refractivity contribution is 0.0641. The number of hydrogen-bond acceptors (Lipinski definition) is 5. The van der Waals surface area contributed by atoms with E-state index in [1.807, 2.05) is 30.3 Å². The van der Waals surface area contributed by atoms with Crippen LogP contribution in [0.1, 0.15) is 29.9 Å². The molecule has 2 heterocycles. The van der Waals surface area contributed by atoms with Gasteiger partial charge in [0.2, 0.25) is 0 Å². The van der Waals surface area contributed by atoms with Gasteiger partial charge >= 0.3 is 0 Å². The van der Waals surface area contributed by atoms with Crippen molar-refractivity contribution in [2.45, 2.75) is 37.5 Å². The minimum absolute atomic E-state index is 0.0215. The third kappa shape index (κ3) is 4.98. The molecule has 2 aromatic carbocycles. The molecule has 5 nitrogen and oxygen atoms in total. The second kappa shape index (κ2) is 9.72. The Morgan fingerprint density at radius 2 is 1.79 bits per heavy atom. The van der Waals surface area contributed by atoms with Crippen LogP contribution in [0.25, 0.3) is 0 Å². The molecule has 3 atom stereocenters. The Bertz CT molecular complexity index is 764. The zero-order valence-corrected chi connectivity index (χ0v) is 17.0. The number of benzene rings is 2. The smallest absolute Gasteiger partial charge is 0.119 e. The van der Waals surface area contributed by atoms with Crippen LogP contribution in [0.3, 0.4) is 0 Å². The van der Waals surface area contributed by atoms with Gasteiger partial charge in [0.25, 0.3) is 0 Å². The summed E-state index contributed by atoms with van der Waals surface area (Å²) in [6, 6.07) is 18.1.